The van der Waals surface area contributed by atoms with Crippen LogP contribution in [-0.4, -0.2) is 69.1 Å². The number of nitrogens with zero attached hydrogens (tertiary/aromatic N) is 5. The maximum atomic E-state index is 13.3. The topological polar surface area (TPSA) is 83.4 Å². The van der Waals surface area contributed by atoms with Gasteiger partial charge in [0.1, 0.15) is 11.6 Å². The van der Waals surface area contributed by atoms with Crippen LogP contribution in [0.4, 0.5) is 0 Å². The SMILES string of the molecule is Cc1nnc(C(C)C)n1C1CC2CCC(C1)N2CC[C@H](NC(=O)C1CCCCC1)c1ccc(C(=O)N(C)C)s1. The van der Waals surface area contributed by atoms with Crippen LogP contribution in [-0.2, 0) is 4.79 Å². The summed E-state index contributed by atoms with van der Waals surface area (Å²) in [4.78, 5) is 32.1. The zero-order valence-electron chi connectivity index (χ0n) is 24.4. The lowest BCUT2D eigenvalue weighted by Crippen LogP contribution is -2.45. The van der Waals surface area contributed by atoms with E-state index < -0.39 is 0 Å². The molecule has 39 heavy (non-hydrogen) atoms. The third-order valence-corrected chi connectivity index (χ3v) is 10.4. The van der Waals surface area contributed by atoms with Crippen LogP contribution in [0, 0.1) is 12.8 Å². The van der Waals surface area contributed by atoms with Gasteiger partial charge in [0.25, 0.3) is 5.91 Å². The lowest BCUT2D eigenvalue weighted by atomic mass is 9.88. The Balaban J connectivity index is 1.29. The molecule has 5 rings (SSSR count). The molecule has 2 amide bonds. The van der Waals surface area contributed by atoms with E-state index in [-0.39, 0.29) is 23.8 Å². The number of thiophene rings is 1. The summed E-state index contributed by atoms with van der Waals surface area (Å²) in [6.07, 6.45) is 11.1. The number of carbonyl (C=O) groups is 2. The number of fused-ring (bicyclic) bond motifs is 2. The summed E-state index contributed by atoms with van der Waals surface area (Å²) in [7, 11) is 3.57. The van der Waals surface area contributed by atoms with Crippen molar-refractivity contribution in [1.29, 1.82) is 0 Å². The molecule has 2 saturated heterocycles. The lowest BCUT2D eigenvalue weighted by Gasteiger charge is -2.40. The van der Waals surface area contributed by atoms with Gasteiger partial charge in [0.15, 0.2) is 0 Å². The van der Waals surface area contributed by atoms with Gasteiger partial charge < -0.3 is 14.8 Å². The highest BCUT2D eigenvalue weighted by molar-refractivity contribution is 7.14. The van der Waals surface area contributed by atoms with Gasteiger partial charge in [-0.2, -0.15) is 0 Å². The van der Waals surface area contributed by atoms with E-state index in [1.54, 1.807) is 19.0 Å². The van der Waals surface area contributed by atoms with Gasteiger partial charge in [0, 0.05) is 55.5 Å². The first kappa shape index (κ1) is 28.3. The van der Waals surface area contributed by atoms with Crippen molar-refractivity contribution in [3.8, 4) is 0 Å². The molecule has 0 radical (unpaired) electrons. The Hall–Kier alpha value is -2.26. The standard InChI is InChI=1S/C30H46N6O2S/c1-19(2)28-33-32-20(3)36(28)24-17-22-11-12-23(18-24)35(22)16-15-25(31-29(37)21-9-7-6-8-10-21)26-13-14-27(39-26)30(38)34(4)5/h13-14,19,21-25H,6-12,15-18H2,1-5H3,(H,31,37)/t22?,23?,24?,25-/m0/s1. The second kappa shape index (κ2) is 12.1. The summed E-state index contributed by atoms with van der Waals surface area (Å²) in [6, 6.07) is 5.49. The van der Waals surface area contributed by atoms with Crippen molar-refractivity contribution >= 4 is 23.2 Å². The quantitative estimate of drug-likeness (QED) is 0.445. The van der Waals surface area contributed by atoms with Crippen LogP contribution in [0.5, 0.6) is 0 Å². The average molecular weight is 555 g/mol. The van der Waals surface area contributed by atoms with Crippen molar-refractivity contribution in [2.45, 2.75) is 115 Å². The molecular weight excluding hydrogens is 508 g/mol. The summed E-state index contributed by atoms with van der Waals surface area (Å²) < 4.78 is 2.41. The summed E-state index contributed by atoms with van der Waals surface area (Å²) >= 11 is 1.53. The second-order valence-corrected chi connectivity index (χ2v) is 13.6. The summed E-state index contributed by atoms with van der Waals surface area (Å²) in [5.74, 6) is 2.84. The van der Waals surface area contributed by atoms with E-state index in [0.717, 1.165) is 72.9 Å². The predicted molar refractivity (Wildman–Crippen MR) is 155 cm³/mol. The van der Waals surface area contributed by atoms with Gasteiger partial charge in [-0.1, -0.05) is 33.1 Å². The number of amides is 2. The van der Waals surface area contributed by atoms with Crippen LogP contribution in [0.3, 0.4) is 0 Å². The number of hydrogen-bond acceptors (Lipinski definition) is 6. The normalized spacial score (nSPS) is 24.7. The minimum Gasteiger partial charge on any atom is -0.348 e. The Bertz CT molecular complexity index is 1140. The summed E-state index contributed by atoms with van der Waals surface area (Å²) in [6.45, 7) is 7.45. The molecule has 8 nitrogen and oxygen atoms in total. The molecule has 1 aliphatic carbocycles. The maximum absolute atomic E-state index is 13.3. The first-order chi connectivity index (χ1) is 18.7. The van der Waals surface area contributed by atoms with Crippen molar-refractivity contribution < 1.29 is 9.59 Å². The molecule has 3 atom stereocenters. The molecule has 2 bridgehead atoms. The van der Waals surface area contributed by atoms with Crippen molar-refractivity contribution in [3.63, 3.8) is 0 Å². The summed E-state index contributed by atoms with van der Waals surface area (Å²) in [5.41, 5.74) is 0. The van der Waals surface area contributed by atoms with E-state index in [2.05, 4.69) is 51.8 Å². The Kier molecular flexibility index (Phi) is 8.76. The van der Waals surface area contributed by atoms with E-state index in [1.807, 2.05) is 6.07 Å². The fourth-order valence-corrected chi connectivity index (χ4v) is 8.26. The minimum absolute atomic E-state index is 0.0220. The molecule has 2 aromatic rings. The molecule has 0 aromatic carbocycles. The second-order valence-electron chi connectivity index (χ2n) is 12.5. The van der Waals surface area contributed by atoms with Crippen molar-refractivity contribution in [2.75, 3.05) is 20.6 Å². The molecule has 2 unspecified atom stereocenters. The van der Waals surface area contributed by atoms with E-state index in [4.69, 9.17) is 0 Å². The largest absolute Gasteiger partial charge is 0.348 e. The highest BCUT2D eigenvalue weighted by atomic mass is 32.1. The zero-order valence-corrected chi connectivity index (χ0v) is 25.2. The van der Waals surface area contributed by atoms with Crippen molar-refractivity contribution in [3.05, 3.63) is 33.5 Å². The molecule has 2 aliphatic heterocycles. The molecule has 1 saturated carbocycles. The minimum atomic E-state index is -0.0575. The first-order valence-electron chi connectivity index (χ1n) is 15.0. The van der Waals surface area contributed by atoms with Crippen LogP contribution in [0.25, 0.3) is 0 Å². The number of rotatable bonds is 9. The average Bonchev–Trinajstić information content (AvgIpc) is 3.62. The fraction of sp³-hybridized carbons (Fsp3) is 0.733. The Morgan fingerprint density at radius 3 is 2.36 bits per heavy atom. The molecule has 4 heterocycles. The van der Waals surface area contributed by atoms with Crippen LogP contribution in [0.2, 0.25) is 0 Å². The Labute approximate surface area is 237 Å². The highest BCUT2D eigenvalue weighted by Gasteiger charge is 2.42. The monoisotopic (exact) mass is 554 g/mol. The molecule has 3 aliphatic rings. The molecule has 214 valence electrons. The van der Waals surface area contributed by atoms with Crippen LogP contribution in [0.15, 0.2) is 12.1 Å². The number of aryl methyl sites for hydroxylation is 1. The van der Waals surface area contributed by atoms with E-state index >= 15 is 0 Å². The lowest BCUT2D eigenvalue weighted by molar-refractivity contribution is -0.126. The number of nitrogens with one attached hydrogen (secondary N) is 1. The number of piperidine rings is 1. The first-order valence-corrected chi connectivity index (χ1v) is 15.8. The van der Waals surface area contributed by atoms with Gasteiger partial charge in [-0.25, -0.2) is 0 Å². The smallest absolute Gasteiger partial charge is 0.263 e. The van der Waals surface area contributed by atoms with Gasteiger partial charge in [0.2, 0.25) is 5.91 Å². The van der Waals surface area contributed by atoms with Gasteiger partial charge >= 0.3 is 0 Å². The van der Waals surface area contributed by atoms with Crippen LogP contribution >= 0.6 is 11.3 Å². The third kappa shape index (κ3) is 6.09. The Morgan fingerprint density at radius 1 is 1.03 bits per heavy atom. The number of hydrogen-bond donors (Lipinski definition) is 1. The molecule has 1 N–H and O–H groups in total. The Morgan fingerprint density at radius 2 is 1.72 bits per heavy atom. The number of aromatic nitrogens is 3. The van der Waals surface area contributed by atoms with Crippen LogP contribution < -0.4 is 5.32 Å². The van der Waals surface area contributed by atoms with Crippen molar-refractivity contribution in [1.82, 2.24) is 29.9 Å². The summed E-state index contributed by atoms with van der Waals surface area (Å²) in [5, 5.41) is 12.3. The van der Waals surface area contributed by atoms with Crippen LogP contribution in [0.1, 0.15) is 122 Å². The predicted octanol–water partition coefficient (Wildman–Crippen LogP) is 5.47. The number of carbonyl (C=O) groups excluding carboxylic acids is 2. The molecule has 3 fully saturated rings. The van der Waals surface area contributed by atoms with E-state index in [1.165, 1.54) is 30.6 Å². The molecular formula is C30H46N6O2S. The van der Waals surface area contributed by atoms with Crippen molar-refractivity contribution in [2.24, 2.45) is 5.92 Å². The molecule has 9 heteroatoms. The molecule has 0 spiro atoms. The van der Waals surface area contributed by atoms with E-state index in [9.17, 15) is 9.59 Å². The van der Waals surface area contributed by atoms with Gasteiger partial charge in [0.05, 0.1) is 10.9 Å². The maximum Gasteiger partial charge on any atom is 0.263 e. The fourth-order valence-electron chi connectivity index (χ4n) is 7.15. The van der Waals surface area contributed by atoms with Gasteiger partial charge in [-0.05, 0) is 64.0 Å². The van der Waals surface area contributed by atoms with Gasteiger partial charge in [-0.15, -0.1) is 21.5 Å². The highest BCUT2D eigenvalue weighted by Crippen LogP contribution is 2.42. The van der Waals surface area contributed by atoms with E-state index in [0.29, 0.717) is 24.0 Å². The molecule has 2 aromatic heterocycles. The van der Waals surface area contributed by atoms with Gasteiger partial charge in [-0.3, -0.25) is 14.5 Å². The third-order valence-electron chi connectivity index (χ3n) is 9.19. The zero-order chi connectivity index (χ0) is 27.7.